The summed E-state index contributed by atoms with van der Waals surface area (Å²) in [5.41, 5.74) is 1.14. The number of nitrogens with one attached hydrogen (secondary N) is 1. The van der Waals surface area contributed by atoms with Gasteiger partial charge in [-0.05, 0) is 44.3 Å². The zero-order valence-corrected chi connectivity index (χ0v) is 15.4. The maximum Gasteiger partial charge on any atom is 0.241 e. The molecule has 0 aromatic heterocycles. The van der Waals surface area contributed by atoms with Gasteiger partial charge in [0.05, 0.1) is 18.8 Å². The summed E-state index contributed by atoms with van der Waals surface area (Å²) < 4.78 is 19.9. The highest BCUT2D eigenvalue weighted by Gasteiger charge is 2.20. The van der Waals surface area contributed by atoms with Crippen LogP contribution in [0, 0.1) is 5.82 Å². The van der Waals surface area contributed by atoms with E-state index in [2.05, 4.69) is 21.2 Å². The van der Waals surface area contributed by atoms with E-state index in [1.165, 1.54) is 12.1 Å². The molecule has 128 valence electrons. The zero-order chi connectivity index (χ0) is 17.7. The van der Waals surface area contributed by atoms with Crippen molar-refractivity contribution in [3.05, 3.63) is 58.3 Å². The molecule has 2 aromatic rings. The Balaban J connectivity index is 2.06. The van der Waals surface area contributed by atoms with E-state index < -0.39 is 11.9 Å². The molecule has 2 rings (SSSR count). The minimum Gasteiger partial charge on any atom is -0.496 e. The molecule has 0 radical (unpaired) electrons. The Hall–Kier alpha value is -1.92. The van der Waals surface area contributed by atoms with Crippen molar-refractivity contribution >= 4 is 27.5 Å². The maximum atomic E-state index is 13.7. The van der Waals surface area contributed by atoms with E-state index in [9.17, 15) is 9.18 Å². The normalized spacial score (nSPS) is 12.1. The third-order valence-corrected chi connectivity index (χ3v) is 4.33. The Morgan fingerprint density at radius 2 is 2.04 bits per heavy atom. The fourth-order valence-electron chi connectivity index (χ4n) is 2.28. The van der Waals surface area contributed by atoms with E-state index >= 15 is 0 Å². The summed E-state index contributed by atoms with van der Waals surface area (Å²) in [6.45, 7) is 2.30. The Kier molecular flexibility index (Phi) is 6.34. The second kappa shape index (κ2) is 8.26. The number of rotatable bonds is 6. The first kappa shape index (κ1) is 18.4. The van der Waals surface area contributed by atoms with Gasteiger partial charge in [-0.2, -0.15) is 0 Å². The van der Waals surface area contributed by atoms with Gasteiger partial charge in [0.15, 0.2) is 0 Å². The lowest BCUT2D eigenvalue weighted by Crippen LogP contribution is -2.39. The van der Waals surface area contributed by atoms with Crippen LogP contribution in [0.2, 0.25) is 0 Å². The lowest BCUT2D eigenvalue weighted by atomic mass is 10.1. The molecule has 0 saturated heterocycles. The first-order valence-corrected chi connectivity index (χ1v) is 8.29. The van der Waals surface area contributed by atoms with Gasteiger partial charge in [-0.1, -0.05) is 28.1 Å². The summed E-state index contributed by atoms with van der Waals surface area (Å²) in [4.78, 5) is 14.2. The first-order valence-electron chi connectivity index (χ1n) is 7.50. The van der Waals surface area contributed by atoms with Crippen LogP contribution in [-0.2, 0) is 11.3 Å². The number of carbonyl (C=O) groups excluding carboxylic acids is 1. The summed E-state index contributed by atoms with van der Waals surface area (Å²) in [6, 6.07) is 11.4. The predicted molar refractivity (Wildman–Crippen MR) is 96.7 cm³/mol. The molecule has 4 nitrogen and oxygen atoms in total. The standard InChI is InChI=1S/C18H20BrFN2O2/c1-12(18(23)21-16-7-5-4-6-15(16)20)22(2)11-13-10-14(19)8-9-17(13)24-3/h4-10,12H,11H2,1-3H3,(H,21,23)/t12-/m1/s1. The van der Waals surface area contributed by atoms with E-state index in [1.807, 2.05) is 30.1 Å². The number of hydrogen-bond donors (Lipinski definition) is 1. The molecule has 0 bridgehead atoms. The zero-order valence-electron chi connectivity index (χ0n) is 13.8. The Morgan fingerprint density at radius 1 is 1.33 bits per heavy atom. The van der Waals surface area contributed by atoms with E-state index in [1.54, 1.807) is 26.2 Å². The minimum absolute atomic E-state index is 0.183. The quantitative estimate of drug-likeness (QED) is 0.802. The Bertz CT molecular complexity index is 724. The summed E-state index contributed by atoms with van der Waals surface area (Å²) >= 11 is 3.44. The number of nitrogens with zero attached hydrogens (tertiary/aromatic N) is 1. The van der Waals surface area contributed by atoms with Crippen LogP contribution < -0.4 is 10.1 Å². The average molecular weight is 395 g/mol. The van der Waals surface area contributed by atoms with Crippen molar-refractivity contribution in [3.8, 4) is 5.75 Å². The highest BCUT2D eigenvalue weighted by atomic mass is 79.9. The first-order chi connectivity index (χ1) is 11.4. The van der Waals surface area contributed by atoms with Gasteiger partial charge in [0.25, 0.3) is 0 Å². The van der Waals surface area contributed by atoms with E-state index in [0.29, 0.717) is 6.54 Å². The predicted octanol–water partition coefficient (Wildman–Crippen LogP) is 4.06. The summed E-state index contributed by atoms with van der Waals surface area (Å²) in [6.07, 6.45) is 0. The van der Waals surface area contributed by atoms with Crippen molar-refractivity contribution in [2.24, 2.45) is 0 Å². The van der Waals surface area contributed by atoms with Crippen LogP contribution in [0.1, 0.15) is 12.5 Å². The average Bonchev–Trinajstić information content (AvgIpc) is 2.56. The number of para-hydroxylation sites is 1. The lowest BCUT2D eigenvalue weighted by Gasteiger charge is -2.25. The molecule has 0 fully saturated rings. The van der Waals surface area contributed by atoms with Crippen LogP contribution >= 0.6 is 15.9 Å². The molecule has 2 aromatic carbocycles. The number of amides is 1. The number of methoxy groups -OCH3 is 1. The SMILES string of the molecule is COc1ccc(Br)cc1CN(C)[C@H](C)C(=O)Nc1ccccc1F. The van der Waals surface area contributed by atoms with Crippen LogP contribution in [0.3, 0.4) is 0 Å². The molecule has 1 amide bonds. The highest BCUT2D eigenvalue weighted by molar-refractivity contribution is 9.10. The largest absolute Gasteiger partial charge is 0.496 e. The summed E-state index contributed by atoms with van der Waals surface area (Å²) in [5, 5.41) is 2.62. The van der Waals surface area contributed by atoms with Crippen LogP contribution in [-0.4, -0.2) is 31.0 Å². The number of anilines is 1. The van der Waals surface area contributed by atoms with Gasteiger partial charge >= 0.3 is 0 Å². The van der Waals surface area contributed by atoms with Crippen LogP contribution in [0.4, 0.5) is 10.1 Å². The topological polar surface area (TPSA) is 41.6 Å². The molecule has 1 atom stereocenters. The third-order valence-electron chi connectivity index (χ3n) is 3.83. The number of halogens is 2. The molecule has 0 spiro atoms. The number of hydrogen-bond acceptors (Lipinski definition) is 3. The molecule has 1 N–H and O–H groups in total. The molecule has 0 saturated carbocycles. The number of carbonyl (C=O) groups is 1. The minimum atomic E-state index is -0.450. The molecule has 0 heterocycles. The maximum absolute atomic E-state index is 13.7. The Labute approximate surface area is 149 Å². The van der Waals surface area contributed by atoms with Crippen LogP contribution in [0.5, 0.6) is 5.75 Å². The van der Waals surface area contributed by atoms with Gasteiger partial charge in [-0.25, -0.2) is 4.39 Å². The molecule has 0 aliphatic heterocycles. The van der Waals surface area contributed by atoms with Gasteiger partial charge in [0.1, 0.15) is 11.6 Å². The molecule has 24 heavy (non-hydrogen) atoms. The fraction of sp³-hybridized carbons (Fsp3) is 0.278. The van der Waals surface area contributed by atoms with Gasteiger partial charge < -0.3 is 10.1 Å². The molecule has 0 aliphatic rings. The lowest BCUT2D eigenvalue weighted by molar-refractivity contribution is -0.120. The summed E-state index contributed by atoms with van der Waals surface area (Å²) in [7, 11) is 3.45. The van der Waals surface area contributed by atoms with E-state index in [-0.39, 0.29) is 11.6 Å². The molecule has 0 aliphatic carbocycles. The third kappa shape index (κ3) is 4.55. The van der Waals surface area contributed by atoms with Gasteiger partial charge in [-0.15, -0.1) is 0 Å². The highest BCUT2D eigenvalue weighted by Crippen LogP contribution is 2.24. The monoisotopic (exact) mass is 394 g/mol. The van der Waals surface area contributed by atoms with Gasteiger partial charge in [-0.3, -0.25) is 9.69 Å². The second-order valence-electron chi connectivity index (χ2n) is 5.52. The van der Waals surface area contributed by atoms with Gasteiger partial charge in [0.2, 0.25) is 5.91 Å². The smallest absolute Gasteiger partial charge is 0.241 e. The Morgan fingerprint density at radius 3 is 2.71 bits per heavy atom. The van der Waals surface area contributed by atoms with Crippen molar-refractivity contribution in [1.29, 1.82) is 0 Å². The number of benzene rings is 2. The van der Waals surface area contributed by atoms with Crippen molar-refractivity contribution in [3.63, 3.8) is 0 Å². The molecule has 6 heteroatoms. The molecule has 0 unspecified atom stereocenters. The van der Waals surface area contributed by atoms with Crippen LogP contribution in [0.25, 0.3) is 0 Å². The molecular formula is C18H20BrFN2O2. The van der Waals surface area contributed by atoms with E-state index in [4.69, 9.17) is 4.74 Å². The van der Waals surface area contributed by atoms with Crippen LogP contribution in [0.15, 0.2) is 46.9 Å². The van der Waals surface area contributed by atoms with E-state index in [0.717, 1.165) is 15.8 Å². The number of likely N-dealkylation sites (N-methyl/N-ethyl adjacent to an activating group) is 1. The van der Waals surface area contributed by atoms with Gasteiger partial charge in [0, 0.05) is 16.6 Å². The van der Waals surface area contributed by atoms with Crippen molar-refractivity contribution < 1.29 is 13.9 Å². The summed E-state index contributed by atoms with van der Waals surface area (Å²) in [5.74, 6) is 0.0395. The fourth-order valence-corrected chi connectivity index (χ4v) is 2.68. The van der Waals surface area contributed by atoms with Crippen molar-refractivity contribution in [2.75, 3.05) is 19.5 Å². The van der Waals surface area contributed by atoms with Crippen molar-refractivity contribution in [2.45, 2.75) is 19.5 Å². The molecular weight excluding hydrogens is 375 g/mol. The second-order valence-corrected chi connectivity index (χ2v) is 6.43. The van der Waals surface area contributed by atoms with Crippen molar-refractivity contribution in [1.82, 2.24) is 4.90 Å². The number of ether oxygens (including phenoxy) is 1.